The molecule has 0 saturated carbocycles. The van der Waals surface area contributed by atoms with E-state index < -0.39 is 24.5 Å². The fourth-order valence-corrected chi connectivity index (χ4v) is 3.23. The molecule has 1 aromatic heterocycles. The van der Waals surface area contributed by atoms with E-state index in [1.165, 1.54) is 18.2 Å². The van der Waals surface area contributed by atoms with Gasteiger partial charge in [-0.05, 0) is 55.8 Å². The number of carboxylic acids is 1. The number of carboxylic acid groups (broad SMARTS) is 1. The number of esters is 1. The lowest BCUT2D eigenvalue weighted by Gasteiger charge is -2.22. The van der Waals surface area contributed by atoms with Crippen molar-refractivity contribution in [3.63, 3.8) is 0 Å². The monoisotopic (exact) mass is 414 g/mol. The summed E-state index contributed by atoms with van der Waals surface area (Å²) < 4.78 is 10.8. The molecule has 1 atom stereocenters. The summed E-state index contributed by atoms with van der Waals surface area (Å²) in [6, 6.07) is 8.90. The van der Waals surface area contributed by atoms with Crippen LogP contribution in [0, 0.1) is 5.41 Å². The molecular weight excluding hydrogens is 392 g/mol. The summed E-state index contributed by atoms with van der Waals surface area (Å²) in [7, 11) is 0. The molecule has 10 heteroatoms. The van der Waals surface area contributed by atoms with Crippen LogP contribution >= 0.6 is 0 Å². The largest absolute Gasteiger partial charge is 0.480 e. The van der Waals surface area contributed by atoms with E-state index in [0.29, 0.717) is 30.8 Å². The minimum atomic E-state index is -1.10. The molecule has 0 aliphatic carbocycles. The number of carbonyl (C=O) groups is 3. The predicted octanol–water partition coefficient (Wildman–Crippen LogP) is 0.948. The Hall–Kier alpha value is -3.66. The topological polar surface area (TPSA) is 159 Å². The maximum Gasteiger partial charge on any atom is 0.379 e. The predicted molar refractivity (Wildman–Crippen MR) is 105 cm³/mol. The number of nitrogens with two attached hydrogens (primary N) is 1. The molecule has 1 aromatic carbocycles. The van der Waals surface area contributed by atoms with Crippen LogP contribution in [0.5, 0.6) is 5.75 Å². The molecule has 1 aliphatic rings. The van der Waals surface area contributed by atoms with Crippen LogP contribution in [-0.4, -0.2) is 52.8 Å². The van der Waals surface area contributed by atoms with Crippen molar-refractivity contribution in [1.82, 2.24) is 10.2 Å². The average molecular weight is 414 g/mol. The highest BCUT2D eigenvalue weighted by Gasteiger charge is 2.31. The Morgan fingerprint density at radius 2 is 1.97 bits per heavy atom. The Morgan fingerprint density at radius 3 is 2.63 bits per heavy atom. The molecule has 0 spiro atoms. The summed E-state index contributed by atoms with van der Waals surface area (Å²) in [5.74, 6) is -1.39. The summed E-state index contributed by atoms with van der Waals surface area (Å²) in [4.78, 5) is 37.0. The normalized spacial score (nSPS) is 16.2. The second kappa shape index (κ2) is 9.23. The highest BCUT2D eigenvalue weighted by Crippen LogP contribution is 2.22. The number of amides is 1. The van der Waals surface area contributed by atoms with E-state index in [9.17, 15) is 14.4 Å². The Balaban J connectivity index is 1.58. The zero-order valence-electron chi connectivity index (χ0n) is 16.1. The molecule has 30 heavy (non-hydrogen) atoms. The number of hydrogen-bond acceptors (Lipinski definition) is 7. The minimum absolute atomic E-state index is 0.0201. The minimum Gasteiger partial charge on any atom is -0.480 e. The van der Waals surface area contributed by atoms with Gasteiger partial charge in [0.25, 0.3) is 0 Å². The molecule has 1 amide bonds. The van der Waals surface area contributed by atoms with Crippen LogP contribution in [0.4, 0.5) is 0 Å². The first-order chi connectivity index (χ1) is 14.3. The Morgan fingerprint density at radius 1 is 1.23 bits per heavy atom. The molecule has 1 aliphatic heterocycles. The summed E-state index contributed by atoms with van der Waals surface area (Å²) >= 11 is 0. The number of rotatable bonds is 8. The molecule has 1 fully saturated rings. The number of hydrogen-bond donors (Lipinski definition) is 4. The summed E-state index contributed by atoms with van der Waals surface area (Å²) in [5.41, 5.74) is 5.91. The van der Waals surface area contributed by atoms with Crippen molar-refractivity contribution in [3.05, 3.63) is 53.5 Å². The standard InChI is InChI=1S/C20H22N4O6/c21-18(22)12-3-5-13(6-4-12)30-20(28)16-8-7-14(29-16)11-24-9-1-2-15(24)19(27)23-10-17(25)26/h3-8,15H,1-2,9-11H2,(H3,21,22)(H,23,27)(H,25,26)/t15-/m0/s1. The van der Waals surface area contributed by atoms with Crippen LogP contribution < -0.4 is 15.8 Å². The number of carbonyl (C=O) groups excluding carboxylic acids is 2. The van der Waals surface area contributed by atoms with Crippen molar-refractivity contribution in [2.45, 2.75) is 25.4 Å². The summed E-state index contributed by atoms with van der Waals surface area (Å²) in [6.07, 6.45) is 1.42. The van der Waals surface area contributed by atoms with Crippen molar-refractivity contribution in [1.29, 1.82) is 5.41 Å². The lowest BCUT2D eigenvalue weighted by atomic mass is 10.2. The van der Waals surface area contributed by atoms with Crippen LogP contribution in [0.25, 0.3) is 0 Å². The first-order valence-electron chi connectivity index (χ1n) is 9.32. The van der Waals surface area contributed by atoms with E-state index >= 15 is 0 Å². The van der Waals surface area contributed by atoms with E-state index in [-0.39, 0.29) is 23.3 Å². The quantitative estimate of drug-likeness (QED) is 0.215. The smallest absolute Gasteiger partial charge is 0.379 e. The van der Waals surface area contributed by atoms with Gasteiger partial charge in [0.1, 0.15) is 23.9 Å². The number of aliphatic carboxylic acids is 1. The fraction of sp³-hybridized carbons (Fsp3) is 0.300. The number of furan rings is 1. The van der Waals surface area contributed by atoms with Gasteiger partial charge in [0.15, 0.2) is 0 Å². The van der Waals surface area contributed by atoms with Gasteiger partial charge in [-0.2, -0.15) is 0 Å². The third-order valence-corrected chi connectivity index (χ3v) is 4.68. The molecule has 10 nitrogen and oxygen atoms in total. The van der Waals surface area contributed by atoms with Crippen LogP contribution in [-0.2, 0) is 16.1 Å². The van der Waals surface area contributed by atoms with Crippen molar-refractivity contribution < 1.29 is 28.6 Å². The Bertz CT molecular complexity index is 952. The van der Waals surface area contributed by atoms with Crippen LogP contribution in [0.3, 0.4) is 0 Å². The third-order valence-electron chi connectivity index (χ3n) is 4.68. The lowest BCUT2D eigenvalue weighted by molar-refractivity contribution is -0.138. The van der Waals surface area contributed by atoms with Crippen LogP contribution in [0.1, 0.15) is 34.7 Å². The van der Waals surface area contributed by atoms with Gasteiger partial charge < -0.3 is 25.3 Å². The number of nitrogen functional groups attached to an aromatic ring is 1. The van der Waals surface area contributed by atoms with Gasteiger partial charge >= 0.3 is 11.9 Å². The molecular formula is C20H22N4O6. The molecule has 2 heterocycles. The second-order valence-corrected chi connectivity index (χ2v) is 6.83. The number of likely N-dealkylation sites (tertiary alicyclic amines) is 1. The SMILES string of the molecule is N=C(N)c1ccc(OC(=O)c2ccc(CN3CCC[C@H]3C(=O)NCC(=O)O)o2)cc1. The van der Waals surface area contributed by atoms with Gasteiger partial charge in [0.05, 0.1) is 12.6 Å². The fourth-order valence-electron chi connectivity index (χ4n) is 3.23. The summed E-state index contributed by atoms with van der Waals surface area (Å²) in [6.45, 7) is 0.549. The van der Waals surface area contributed by atoms with Crippen LogP contribution in [0.2, 0.25) is 0 Å². The van der Waals surface area contributed by atoms with E-state index in [1.54, 1.807) is 18.2 Å². The van der Waals surface area contributed by atoms with Crippen molar-refractivity contribution in [2.24, 2.45) is 5.73 Å². The highest BCUT2D eigenvalue weighted by molar-refractivity contribution is 5.95. The number of benzene rings is 1. The summed E-state index contributed by atoms with van der Waals surface area (Å²) in [5, 5.41) is 18.5. The van der Waals surface area contributed by atoms with E-state index in [1.807, 2.05) is 4.90 Å². The first-order valence-corrected chi connectivity index (χ1v) is 9.32. The van der Waals surface area contributed by atoms with E-state index in [2.05, 4.69) is 5.32 Å². The maximum atomic E-state index is 12.3. The van der Waals surface area contributed by atoms with Crippen molar-refractivity contribution in [2.75, 3.05) is 13.1 Å². The highest BCUT2D eigenvalue weighted by atomic mass is 16.5. The zero-order chi connectivity index (χ0) is 21.7. The molecule has 1 saturated heterocycles. The molecule has 5 N–H and O–H groups in total. The van der Waals surface area contributed by atoms with Gasteiger partial charge in [0, 0.05) is 5.56 Å². The molecule has 158 valence electrons. The van der Waals surface area contributed by atoms with Gasteiger partial charge in [-0.25, -0.2) is 4.79 Å². The number of amidine groups is 1. The molecule has 0 bridgehead atoms. The zero-order valence-corrected chi connectivity index (χ0v) is 16.1. The van der Waals surface area contributed by atoms with E-state index in [4.69, 9.17) is 25.4 Å². The van der Waals surface area contributed by atoms with Crippen LogP contribution in [0.15, 0.2) is 40.8 Å². The molecule has 0 radical (unpaired) electrons. The maximum absolute atomic E-state index is 12.3. The van der Waals surface area contributed by atoms with Gasteiger partial charge in [-0.15, -0.1) is 0 Å². The van der Waals surface area contributed by atoms with Crippen molar-refractivity contribution in [3.8, 4) is 5.75 Å². The third kappa shape index (κ3) is 5.23. The molecule has 3 rings (SSSR count). The van der Waals surface area contributed by atoms with E-state index in [0.717, 1.165) is 6.42 Å². The van der Waals surface area contributed by atoms with Gasteiger partial charge in [0.2, 0.25) is 11.7 Å². The molecule has 2 aromatic rings. The van der Waals surface area contributed by atoms with Gasteiger partial charge in [-0.1, -0.05) is 0 Å². The average Bonchev–Trinajstić information content (AvgIpc) is 3.36. The lowest BCUT2D eigenvalue weighted by Crippen LogP contribution is -2.44. The number of nitrogens with one attached hydrogen (secondary N) is 2. The number of ether oxygens (including phenoxy) is 1. The van der Waals surface area contributed by atoms with Crippen molar-refractivity contribution >= 4 is 23.7 Å². The van der Waals surface area contributed by atoms with Gasteiger partial charge in [-0.3, -0.25) is 19.9 Å². The Kier molecular flexibility index (Phi) is 6.48. The first kappa shape index (κ1) is 21.1. The number of nitrogens with zero attached hydrogens (tertiary/aromatic N) is 1. The second-order valence-electron chi connectivity index (χ2n) is 6.83. The Labute approximate surface area is 172 Å². The molecule has 0 unspecified atom stereocenters.